The summed E-state index contributed by atoms with van der Waals surface area (Å²) >= 11 is 0. The van der Waals surface area contributed by atoms with E-state index in [9.17, 15) is 9.59 Å². The Morgan fingerprint density at radius 2 is 1.53 bits per heavy atom. The summed E-state index contributed by atoms with van der Waals surface area (Å²) in [7, 11) is 1.33. The van der Waals surface area contributed by atoms with Gasteiger partial charge in [0.1, 0.15) is 17.6 Å². The number of carbonyl (C=O) groups is 2. The number of H-pyrrole nitrogens is 1. The molecule has 3 saturated heterocycles. The molecular weight excluding hydrogens is 674 g/mol. The molecule has 9 nitrogen and oxygen atoms in total. The third-order valence-corrected chi connectivity index (χ3v) is 12.3. The van der Waals surface area contributed by atoms with E-state index in [0.717, 1.165) is 93.1 Å². The van der Waals surface area contributed by atoms with Crippen molar-refractivity contribution in [1.29, 1.82) is 0 Å². The maximum atomic E-state index is 15.8. The van der Waals surface area contributed by atoms with Crippen molar-refractivity contribution >= 4 is 34.4 Å². The van der Waals surface area contributed by atoms with Gasteiger partial charge in [-0.2, -0.15) is 0 Å². The summed E-state index contributed by atoms with van der Waals surface area (Å²) in [6, 6.07) is 18.7. The van der Waals surface area contributed by atoms with Gasteiger partial charge in [0.25, 0.3) is 0 Å². The molecule has 8 rings (SSSR count). The van der Waals surface area contributed by atoms with Crippen molar-refractivity contribution in [3.05, 3.63) is 89.2 Å². The van der Waals surface area contributed by atoms with Gasteiger partial charge in [0.15, 0.2) is 11.6 Å². The zero-order valence-electron chi connectivity index (χ0n) is 30.5. The lowest BCUT2D eigenvalue weighted by atomic mass is 9.83. The van der Waals surface area contributed by atoms with Gasteiger partial charge in [0.2, 0.25) is 5.91 Å². The van der Waals surface area contributed by atoms with Crippen LogP contribution in [0.15, 0.2) is 60.7 Å². The van der Waals surface area contributed by atoms with Gasteiger partial charge < -0.3 is 29.7 Å². The highest BCUT2D eigenvalue weighted by Crippen LogP contribution is 2.41. The minimum atomic E-state index is -0.622. The van der Waals surface area contributed by atoms with Crippen LogP contribution in [0, 0.1) is 17.6 Å². The number of nitrogens with zero attached hydrogens (tertiary/aromatic N) is 4. The highest BCUT2D eigenvalue weighted by molar-refractivity contribution is 5.87. The average Bonchev–Trinajstić information content (AvgIpc) is 3.97. The maximum absolute atomic E-state index is 15.8. The van der Waals surface area contributed by atoms with Gasteiger partial charge >= 0.3 is 6.09 Å². The summed E-state index contributed by atoms with van der Waals surface area (Å²) in [5.74, 6) is 0.120. The van der Waals surface area contributed by atoms with E-state index in [1.807, 2.05) is 34.1 Å². The number of halogens is 2. The predicted molar refractivity (Wildman–Crippen MR) is 202 cm³/mol. The molecule has 2 amide bonds. The van der Waals surface area contributed by atoms with Crippen molar-refractivity contribution in [2.24, 2.45) is 5.92 Å². The summed E-state index contributed by atoms with van der Waals surface area (Å²) in [5, 5.41) is 2.86. The van der Waals surface area contributed by atoms with Gasteiger partial charge in [-0.1, -0.05) is 55.7 Å². The fraction of sp³-hybridized carbons (Fsp3) is 0.500. The van der Waals surface area contributed by atoms with Crippen LogP contribution in [0.2, 0.25) is 0 Å². The first kappa shape index (κ1) is 35.4. The highest BCUT2D eigenvalue weighted by atomic mass is 19.1. The normalized spacial score (nSPS) is 22.1. The van der Waals surface area contributed by atoms with E-state index in [1.54, 1.807) is 0 Å². The summed E-state index contributed by atoms with van der Waals surface area (Å²) in [6.07, 6.45) is 9.61. The Kier molecular flexibility index (Phi) is 10.2. The largest absolute Gasteiger partial charge is 0.453 e. The number of imidazole rings is 1. The lowest BCUT2D eigenvalue weighted by Crippen LogP contribution is -2.52. The number of rotatable bonds is 8. The molecule has 0 spiro atoms. The van der Waals surface area contributed by atoms with Crippen molar-refractivity contribution in [2.45, 2.75) is 94.7 Å². The number of hydrogen-bond acceptors (Lipinski definition) is 6. The summed E-state index contributed by atoms with van der Waals surface area (Å²) in [4.78, 5) is 40.7. The third kappa shape index (κ3) is 7.19. The van der Waals surface area contributed by atoms with Crippen molar-refractivity contribution in [1.82, 2.24) is 20.2 Å². The quantitative estimate of drug-likeness (QED) is 0.189. The van der Waals surface area contributed by atoms with E-state index in [0.29, 0.717) is 37.8 Å². The summed E-state index contributed by atoms with van der Waals surface area (Å²) < 4.78 is 36.5. The van der Waals surface area contributed by atoms with E-state index < -0.39 is 23.8 Å². The smallest absolute Gasteiger partial charge is 0.407 e. The predicted octanol–water partition coefficient (Wildman–Crippen LogP) is 8.54. The number of methoxy groups -OCH3 is 1. The van der Waals surface area contributed by atoms with Crippen LogP contribution in [0.3, 0.4) is 0 Å². The van der Waals surface area contributed by atoms with Gasteiger partial charge in [0, 0.05) is 31.9 Å². The van der Waals surface area contributed by atoms with E-state index in [-0.39, 0.29) is 29.6 Å². The zero-order chi connectivity index (χ0) is 36.5. The number of hydrogen-bond donors (Lipinski definition) is 2. The number of anilines is 2. The molecule has 280 valence electrons. The molecule has 1 saturated carbocycles. The molecule has 2 N–H and O–H groups in total. The molecule has 3 aliphatic heterocycles. The fourth-order valence-electron chi connectivity index (χ4n) is 9.54. The number of fused-ring (bicyclic) bond motifs is 1. The van der Waals surface area contributed by atoms with E-state index in [1.165, 1.54) is 24.8 Å². The van der Waals surface area contributed by atoms with Crippen LogP contribution in [0.25, 0.3) is 11.0 Å². The van der Waals surface area contributed by atoms with Gasteiger partial charge in [-0.15, -0.1) is 0 Å². The Labute approximate surface area is 310 Å². The average molecular weight is 725 g/mol. The second kappa shape index (κ2) is 15.4. The minimum Gasteiger partial charge on any atom is -0.453 e. The number of aromatic nitrogens is 2. The monoisotopic (exact) mass is 724 g/mol. The first-order valence-electron chi connectivity index (χ1n) is 19.6. The number of nitrogens with one attached hydrogen (secondary N) is 2. The lowest BCUT2D eigenvalue weighted by Gasteiger charge is -2.35. The van der Waals surface area contributed by atoms with E-state index in [2.05, 4.69) is 39.5 Å². The van der Waals surface area contributed by atoms with Crippen molar-refractivity contribution < 1.29 is 23.1 Å². The second-order valence-electron chi connectivity index (χ2n) is 15.4. The van der Waals surface area contributed by atoms with Gasteiger partial charge in [-0.25, -0.2) is 18.6 Å². The topological polar surface area (TPSA) is 93.8 Å². The van der Waals surface area contributed by atoms with Crippen LogP contribution >= 0.6 is 0 Å². The van der Waals surface area contributed by atoms with Gasteiger partial charge in [-0.3, -0.25) is 4.79 Å². The molecule has 4 fully saturated rings. The highest BCUT2D eigenvalue weighted by Gasteiger charge is 2.40. The second-order valence-corrected chi connectivity index (χ2v) is 15.4. The summed E-state index contributed by atoms with van der Waals surface area (Å²) in [6.45, 7) is 2.54. The molecule has 3 atom stereocenters. The van der Waals surface area contributed by atoms with Crippen molar-refractivity contribution in [3.8, 4) is 0 Å². The molecule has 1 aromatic heterocycles. The minimum absolute atomic E-state index is 0.0392. The van der Waals surface area contributed by atoms with Crippen LogP contribution in [0.5, 0.6) is 0 Å². The molecule has 4 aromatic rings. The number of aromatic amines is 1. The summed E-state index contributed by atoms with van der Waals surface area (Å²) in [5.41, 5.74) is 4.65. The molecule has 3 aromatic carbocycles. The first-order chi connectivity index (χ1) is 25.9. The molecule has 53 heavy (non-hydrogen) atoms. The standard InChI is InChI=1S/C42H50F2N6O3/c1-53-42(52)47-38(29-12-6-3-7-13-29)41(51)50-21-9-15-37(50)40-45-34-17-16-30(24-35(34)46-40)36-14-8-20-49(36)31-25-32(43)39(33(44)26-31)48-22-18-28(19-23-48)27-10-4-2-5-11-27/h2,4-5,10-11,16-17,24-26,28-29,36-38H,3,6-9,12-15,18-23H2,1H3,(H,45,46)(H,47,52)/t36-,37+,38?/m1/s1. The number of piperidine rings is 1. The number of carbonyl (C=O) groups excluding carboxylic acids is 2. The van der Waals surface area contributed by atoms with Gasteiger partial charge in [0.05, 0.1) is 30.2 Å². The number of benzene rings is 3. The van der Waals surface area contributed by atoms with Crippen molar-refractivity contribution in [3.63, 3.8) is 0 Å². The molecule has 4 heterocycles. The van der Waals surface area contributed by atoms with E-state index in [4.69, 9.17) is 9.72 Å². The first-order valence-corrected chi connectivity index (χ1v) is 19.6. The van der Waals surface area contributed by atoms with Crippen LogP contribution in [0.1, 0.15) is 106 Å². The van der Waals surface area contributed by atoms with E-state index >= 15 is 8.78 Å². The molecule has 0 radical (unpaired) electrons. The molecule has 1 unspecified atom stereocenters. The Bertz CT molecular complexity index is 1900. The Morgan fingerprint density at radius 1 is 0.811 bits per heavy atom. The molecule has 1 aliphatic carbocycles. The SMILES string of the molecule is COC(=O)NC(C(=O)N1CCC[C@H]1c1nc2ccc([C@H]3CCCN3c3cc(F)c(N4CCC(c5ccccc5)CC4)c(F)c3)cc2[nH]1)C1CCCCC1. The Morgan fingerprint density at radius 3 is 2.26 bits per heavy atom. The van der Waals surface area contributed by atoms with Gasteiger partial charge in [-0.05, 0) is 98.6 Å². The van der Waals surface area contributed by atoms with Crippen LogP contribution in [-0.2, 0) is 9.53 Å². The fourth-order valence-corrected chi connectivity index (χ4v) is 9.54. The molecular formula is C42H50F2N6O3. The zero-order valence-corrected chi connectivity index (χ0v) is 30.5. The van der Waals surface area contributed by atoms with Crippen LogP contribution in [0.4, 0.5) is 25.0 Å². The Hall–Kier alpha value is -4.67. The molecule has 0 bridgehead atoms. The van der Waals surface area contributed by atoms with Crippen LogP contribution in [-0.4, -0.2) is 66.2 Å². The number of amides is 2. The third-order valence-electron chi connectivity index (χ3n) is 12.3. The maximum Gasteiger partial charge on any atom is 0.407 e. The number of likely N-dealkylation sites (tertiary alicyclic amines) is 1. The number of ether oxygens (including phenoxy) is 1. The Balaban J connectivity index is 0.984. The lowest BCUT2D eigenvalue weighted by molar-refractivity contribution is -0.136. The van der Waals surface area contributed by atoms with Crippen molar-refractivity contribution in [2.75, 3.05) is 43.1 Å². The number of alkyl carbamates (subject to hydrolysis) is 1. The molecule has 11 heteroatoms. The molecule has 4 aliphatic rings. The van der Waals surface area contributed by atoms with Crippen LogP contribution < -0.4 is 15.1 Å².